The van der Waals surface area contributed by atoms with Gasteiger partial charge in [0, 0.05) is 47.7 Å². The van der Waals surface area contributed by atoms with Crippen LogP contribution < -0.4 is 4.90 Å². The van der Waals surface area contributed by atoms with E-state index in [9.17, 15) is 4.79 Å². The van der Waals surface area contributed by atoms with Crippen molar-refractivity contribution in [1.29, 1.82) is 0 Å². The van der Waals surface area contributed by atoms with Gasteiger partial charge >= 0.3 is 0 Å². The van der Waals surface area contributed by atoms with Gasteiger partial charge in [-0.3, -0.25) is 4.79 Å². The summed E-state index contributed by atoms with van der Waals surface area (Å²) in [6, 6.07) is 15.9. The van der Waals surface area contributed by atoms with Crippen molar-refractivity contribution in [3.63, 3.8) is 0 Å². The molecule has 2 aromatic heterocycles. The monoisotopic (exact) mass is 419 g/mol. The molecule has 0 saturated carbocycles. The number of pyridine rings is 1. The fourth-order valence-electron chi connectivity index (χ4n) is 4.07. The van der Waals surface area contributed by atoms with E-state index in [-0.39, 0.29) is 5.91 Å². The molecular weight excluding hydrogens is 398 g/mol. The van der Waals surface area contributed by atoms with E-state index in [0.717, 1.165) is 45.7 Å². The van der Waals surface area contributed by atoms with E-state index in [1.165, 1.54) is 5.56 Å². The van der Waals surface area contributed by atoms with Gasteiger partial charge in [0.1, 0.15) is 0 Å². The third kappa shape index (κ3) is 3.39. The number of carbonyl (C=O) groups is 1. The standard InChI is InChI=1S/C24H22ClN3O2/c1-15-3-5-17-12-18-13-22(30-23(18)26-20(17)11-15)24(29)28-9-7-27(8-10-28)21-14-19(25)6-4-16(21)2/h3-6,11-14H,7-10H2,1-2H3. The number of hydrogen-bond acceptors (Lipinski definition) is 4. The third-order valence-corrected chi connectivity index (χ3v) is 5.98. The number of amides is 1. The van der Waals surface area contributed by atoms with Gasteiger partial charge in [0.15, 0.2) is 5.76 Å². The minimum Gasteiger partial charge on any atom is -0.433 e. The number of benzene rings is 2. The molecule has 0 radical (unpaired) electrons. The Kier molecular flexibility index (Phi) is 4.63. The van der Waals surface area contributed by atoms with Gasteiger partial charge in [-0.1, -0.05) is 29.8 Å². The first-order valence-corrected chi connectivity index (χ1v) is 10.5. The zero-order chi connectivity index (χ0) is 20.8. The van der Waals surface area contributed by atoms with Crippen molar-refractivity contribution in [3.8, 4) is 0 Å². The van der Waals surface area contributed by atoms with Gasteiger partial charge in [-0.05, 0) is 55.3 Å². The van der Waals surface area contributed by atoms with Gasteiger partial charge in [0.05, 0.1) is 5.52 Å². The fraction of sp³-hybridized carbons (Fsp3) is 0.250. The number of anilines is 1. The summed E-state index contributed by atoms with van der Waals surface area (Å²) in [5.41, 5.74) is 4.84. The van der Waals surface area contributed by atoms with Crippen molar-refractivity contribution in [2.75, 3.05) is 31.1 Å². The number of furan rings is 1. The third-order valence-electron chi connectivity index (χ3n) is 5.75. The Morgan fingerprint density at radius 2 is 1.77 bits per heavy atom. The van der Waals surface area contributed by atoms with Crippen LogP contribution in [0.2, 0.25) is 5.02 Å². The number of piperazine rings is 1. The predicted octanol–water partition coefficient (Wildman–Crippen LogP) is 5.21. The van der Waals surface area contributed by atoms with Crippen LogP contribution in [0.4, 0.5) is 5.69 Å². The van der Waals surface area contributed by atoms with Crippen molar-refractivity contribution in [2.45, 2.75) is 13.8 Å². The molecule has 2 aromatic carbocycles. The highest BCUT2D eigenvalue weighted by atomic mass is 35.5. The van der Waals surface area contributed by atoms with Crippen molar-refractivity contribution in [1.82, 2.24) is 9.88 Å². The van der Waals surface area contributed by atoms with E-state index >= 15 is 0 Å². The zero-order valence-electron chi connectivity index (χ0n) is 17.0. The molecule has 0 unspecified atom stereocenters. The van der Waals surface area contributed by atoms with Gasteiger partial charge in [0.2, 0.25) is 5.71 Å². The lowest BCUT2D eigenvalue weighted by atomic mass is 10.1. The maximum atomic E-state index is 13.0. The summed E-state index contributed by atoms with van der Waals surface area (Å²) in [5.74, 6) is 0.257. The second-order valence-corrected chi connectivity index (χ2v) is 8.34. The number of nitrogens with zero attached hydrogens (tertiary/aromatic N) is 3. The lowest BCUT2D eigenvalue weighted by Crippen LogP contribution is -2.48. The van der Waals surface area contributed by atoms with E-state index in [1.807, 2.05) is 48.2 Å². The molecule has 6 heteroatoms. The fourth-order valence-corrected chi connectivity index (χ4v) is 4.24. The summed E-state index contributed by atoms with van der Waals surface area (Å²) in [5, 5.41) is 2.62. The van der Waals surface area contributed by atoms with E-state index in [4.69, 9.17) is 16.0 Å². The number of aryl methyl sites for hydroxylation is 2. The number of rotatable bonds is 2. The highest BCUT2D eigenvalue weighted by Gasteiger charge is 2.25. The van der Waals surface area contributed by atoms with Crippen LogP contribution >= 0.6 is 11.6 Å². The lowest BCUT2D eigenvalue weighted by Gasteiger charge is -2.36. The van der Waals surface area contributed by atoms with Crippen LogP contribution in [0.25, 0.3) is 22.0 Å². The molecule has 152 valence electrons. The van der Waals surface area contributed by atoms with Crippen molar-refractivity contribution < 1.29 is 9.21 Å². The molecule has 0 spiro atoms. The Morgan fingerprint density at radius 3 is 2.57 bits per heavy atom. The van der Waals surface area contributed by atoms with E-state index in [2.05, 4.69) is 22.9 Å². The Morgan fingerprint density at radius 1 is 0.967 bits per heavy atom. The van der Waals surface area contributed by atoms with Crippen LogP contribution in [0, 0.1) is 13.8 Å². The van der Waals surface area contributed by atoms with E-state index < -0.39 is 0 Å². The molecule has 3 heterocycles. The molecule has 1 fully saturated rings. The van der Waals surface area contributed by atoms with Crippen LogP contribution in [-0.4, -0.2) is 42.0 Å². The van der Waals surface area contributed by atoms with Crippen molar-refractivity contribution >= 4 is 45.2 Å². The van der Waals surface area contributed by atoms with E-state index in [1.54, 1.807) is 6.07 Å². The quantitative estimate of drug-likeness (QED) is 0.447. The SMILES string of the molecule is Cc1ccc2cc3cc(C(=O)N4CCN(c5cc(Cl)ccc5C)CC4)oc3nc2c1. The molecule has 0 aliphatic carbocycles. The molecule has 1 aliphatic rings. The van der Waals surface area contributed by atoms with Crippen LogP contribution in [0.3, 0.4) is 0 Å². The molecule has 1 saturated heterocycles. The van der Waals surface area contributed by atoms with Crippen molar-refractivity contribution in [2.24, 2.45) is 0 Å². The average Bonchev–Trinajstić information content (AvgIpc) is 3.16. The first kappa shape index (κ1) is 18.9. The molecule has 5 rings (SSSR count). The Bertz CT molecular complexity index is 1270. The Balaban J connectivity index is 1.35. The van der Waals surface area contributed by atoms with Crippen molar-refractivity contribution in [3.05, 3.63) is 70.4 Å². The highest BCUT2D eigenvalue weighted by Crippen LogP contribution is 2.27. The zero-order valence-corrected chi connectivity index (χ0v) is 17.7. The Hall–Kier alpha value is -3.05. The summed E-state index contributed by atoms with van der Waals surface area (Å²) in [4.78, 5) is 21.8. The number of fused-ring (bicyclic) bond motifs is 2. The van der Waals surface area contributed by atoms with Crippen LogP contribution in [0.15, 0.2) is 52.9 Å². The number of hydrogen-bond donors (Lipinski definition) is 0. The number of halogens is 1. The van der Waals surface area contributed by atoms with Gasteiger partial charge < -0.3 is 14.2 Å². The summed E-state index contributed by atoms with van der Waals surface area (Å²) >= 11 is 6.17. The van der Waals surface area contributed by atoms with Crippen LogP contribution in [0.5, 0.6) is 0 Å². The molecule has 1 amide bonds. The van der Waals surface area contributed by atoms with Crippen LogP contribution in [0.1, 0.15) is 21.7 Å². The maximum absolute atomic E-state index is 13.0. The average molecular weight is 420 g/mol. The van der Waals surface area contributed by atoms with E-state index in [0.29, 0.717) is 24.6 Å². The normalized spacial score (nSPS) is 14.6. The molecule has 1 aliphatic heterocycles. The maximum Gasteiger partial charge on any atom is 0.289 e. The summed E-state index contributed by atoms with van der Waals surface area (Å²) in [6.45, 7) is 6.90. The first-order chi connectivity index (χ1) is 14.5. The minimum absolute atomic E-state index is 0.0873. The number of carbonyl (C=O) groups excluding carboxylic acids is 1. The van der Waals surface area contributed by atoms with Crippen LogP contribution in [-0.2, 0) is 0 Å². The molecule has 0 atom stereocenters. The summed E-state index contributed by atoms with van der Waals surface area (Å²) in [7, 11) is 0. The molecule has 0 N–H and O–H groups in total. The van der Waals surface area contributed by atoms with Gasteiger partial charge in [-0.15, -0.1) is 0 Å². The molecule has 4 aromatic rings. The topological polar surface area (TPSA) is 49.6 Å². The van der Waals surface area contributed by atoms with Gasteiger partial charge in [-0.2, -0.15) is 0 Å². The molecule has 0 bridgehead atoms. The predicted molar refractivity (Wildman–Crippen MR) is 121 cm³/mol. The Labute approximate surface area is 179 Å². The van der Waals surface area contributed by atoms with Gasteiger partial charge in [-0.25, -0.2) is 4.98 Å². The lowest BCUT2D eigenvalue weighted by molar-refractivity contribution is 0.0717. The number of aromatic nitrogens is 1. The molecule has 5 nitrogen and oxygen atoms in total. The summed E-state index contributed by atoms with van der Waals surface area (Å²) < 4.78 is 5.84. The first-order valence-electron chi connectivity index (χ1n) is 10.1. The molecule has 30 heavy (non-hydrogen) atoms. The second-order valence-electron chi connectivity index (χ2n) is 7.90. The highest BCUT2D eigenvalue weighted by molar-refractivity contribution is 6.30. The minimum atomic E-state index is -0.0873. The second kappa shape index (κ2) is 7.33. The molecular formula is C24H22ClN3O2. The summed E-state index contributed by atoms with van der Waals surface area (Å²) in [6.07, 6.45) is 0. The van der Waals surface area contributed by atoms with Gasteiger partial charge in [0.25, 0.3) is 5.91 Å². The smallest absolute Gasteiger partial charge is 0.289 e. The largest absolute Gasteiger partial charge is 0.433 e.